The van der Waals surface area contributed by atoms with Gasteiger partial charge in [-0.3, -0.25) is 4.98 Å². The van der Waals surface area contributed by atoms with Gasteiger partial charge in [0.1, 0.15) is 0 Å². The lowest BCUT2D eigenvalue weighted by atomic mass is 9.44. The molecule has 0 saturated heterocycles. The highest BCUT2D eigenvalue weighted by Crippen LogP contribution is 2.67. The van der Waals surface area contributed by atoms with Gasteiger partial charge in [0.2, 0.25) is 0 Å². The van der Waals surface area contributed by atoms with Crippen molar-refractivity contribution in [3.63, 3.8) is 0 Å². The van der Waals surface area contributed by atoms with E-state index in [1.165, 1.54) is 67.7 Å². The predicted octanol–water partition coefficient (Wildman–Crippen LogP) is 7.20. The van der Waals surface area contributed by atoms with Crippen molar-refractivity contribution in [3.8, 4) is 0 Å². The van der Waals surface area contributed by atoms with Crippen LogP contribution < -0.4 is 0 Å². The standard InChI is InChI=1S/C30H40N2/c1-29-15-12-22(32(3)4)18-21(29)8-9-25-27-11-10-26(30(27,2)16-13-28(25)29)24-7-5-6-20-19-31-17-14-23(20)24/h5-7,10,14,17,19,21-22,25,27-28H,8-9,11-13,15-16,18H2,1-4H3/t21-,22+,25-,27-,28-,29-,30+/m0/s1. The first-order valence-corrected chi connectivity index (χ1v) is 13.1. The molecule has 170 valence electrons. The van der Waals surface area contributed by atoms with Crippen LogP contribution in [-0.2, 0) is 0 Å². The Bertz CT molecular complexity index is 1050. The van der Waals surface area contributed by atoms with Crippen molar-refractivity contribution in [3.05, 3.63) is 48.3 Å². The molecule has 0 radical (unpaired) electrons. The zero-order chi connectivity index (χ0) is 22.1. The van der Waals surface area contributed by atoms with Crippen molar-refractivity contribution < 1.29 is 0 Å². The minimum absolute atomic E-state index is 0.336. The lowest BCUT2D eigenvalue weighted by Crippen LogP contribution is -2.54. The third kappa shape index (κ3) is 2.91. The van der Waals surface area contributed by atoms with Gasteiger partial charge in [0, 0.05) is 23.8 Å². The van der Waals surface area contributed by atoms with Crippen molar-refractivity contribution in [2.75, 3.05) is 14.1 Å². The van der Waals surface area contributed by atoms with Crippen molar-refractivity contribution >= 4 is 16.3 Å². The molecule has 1 heterocycles. The minimum Gasteiger partial charge on any atom is -0.306 e. The lowest BCUT2D eigenvalue weighted by molar-refractivity contribution is -0.106. The summed E-state index contributed by atoms with van der Waals surface area (Å²) in [6.45, 7) is 5.31. The van der Waals surface area contributed by atoms with Crippen LogP contribution in [0.25, 0.3) is 16.3 Å². The summed E-state index contributed by atoms with van der Waals surface area (Å²) in [7, 11) is 4.58. The second kappa shape index (κ2) is 7.42. The molecule has 32 heavy (non-hydrogen) atoms. The van der Waals surface area contributed by atoms with Gasteiger partial charge in [0.05, 0.1) is 0 Å². The molecule has 7 atom stereocenters. The number of rotatable bonds is 2. The molecule has 3 saturated carbocycles. The maximum absolute atomic E-state index is 4.37. The normalized spacial score (nSPS) is 41.2. The molecule has 0 N–H and O–H groups in total. The van der Waals surface area contributed by atoms with Gasteiger partial charge in [-0.15, -0.1) is 0 Å². The lowest BCUT2D eigenvalue weighted by Gasteiger charge is -2.61. The molecule has 1 aromatic heterocycles. The molecule has 4 aliphatic carbocycles. The van der Waals surface area contributed by atoms with Crippen molar-refractivity contribution in [2.45, 2.75) is 71.3 Å². The highest BCUT2D eigenvalue weighted by molar-refractivity contribution is 5.95. The molecule has 0 spiro atoms. The molecular weight excluding hydrogens is 388 g/mol. The van der Waals surface area contributed by atoms with Crippen LogP contribution in [0.2, 0.25) is 0 Å². The molecule has 0 amide bonds. The van der Waals surface area contributed by atoms with Gasteiger partial charge in [0.15, 0.2) is 0 Å². The fourth-order valence-electron chi connectivity index (χ4n) is 9.05. The predicted molar refractivity (Wildman–Crippen MR) is 134 cm³/mol. The molecule has 6 rings (SSSR count). The van der Waals surface area contributed by atoms with Crippen LogP contribution in [0.15, 0.2) is 42.7 Å². The largest absolute Gasteiger partial charge is 0.306 e. The maximum atomic E-state index is 4.37. The number of nitrogens with zero attached hydrogens (tertiary/aromatic N) is 2. The number of fused-ring (bicyclic) bond motifs is 6. The Hall–Kier alpha value is -1.67. The summed E-state index contributed by atoms with van der Waals surface area (Å²) in [6.07, 6.45) is 17.9. The van der Waals surface area contributed by atoms with Crippen LogP contribution >= 0.6 is 0 Å². The van der Waals surface area contributed by atoms with E-state index in [1.54, 1.807) is 5.57 Å². The van der Waals surface area contributed by atoms with Crippen LogP contribution in [0.4, 0.5) is 0 Å². The van der Waals surface area contributed by atoms with E-state index < -0.39 is 0 Å². The first-order valence-electron chi connectivity index (χ1n) is 13.1. The Kier molecular flexibility index (Phi) is 4.85. The fraction of sp³-hybridized carbons (Fsp3) is 0.633. The molecule has 2 aromatic rings. The van der Waals surface area contributed by atoms with Gasteiger partial charge in [-0.05, 0) is 123 Å². The van der Waals surface area contributed by atoms with Gasteiger partial charge in [-0.2, -0.15) is 0 Å². The highest BCUT2D eigenvalue weighted by Gasteiger charge is 2.58. The van der Waals surface area contributed by atoms with Crippen molar-refractivity contribution in [1.29, 1.82) is 0 Å². The number of aromatic nitrogens is 1. The van der Waals surface area contributed by atoms with Gasteiger partial charge in [0.25, 0.3) is 0 Å². The molecule has 2 heteroatoms. The molecule has 1 aromatic carbocycles. The third-order valence-corrected chi connectivity index (χ3v) is 10.9. The maximum Gasteiger partial charge on any atom is 0.0346 e. The number of hydrogen-bond donors (Lipinski definition) is 0. The summed E-state index contributed by atoms with van der Waals surface area (Å²) >= 11 is 0. The molecule has 0 aliphatic heterocycles. The van der Waals surface area contributed by atoms with Crippen LogP contribution in [0.5, 0.6) is 0 Å². The van der Waals surface area contributed by atoms with Gasteiger partial charge < -0.3 is 4.90 Å². The number of benzene rings is 1. The van der Waals surface area contributed by atoms with E-state index in [4.69, 9.17) is 0 Å². The van der Waals surface area contributed by atoms with Crippen LogP contribution in [0.3, 0.4) is 0 Å². The number of hydrogen-bond acceptors (Lipinski definition) is 2. The quantitative estimate of drug-likeness (QED) is 0.503. The zero-order valence-corrected chi connectivity index (χ0v) is 20.5. The monoisotopic (exact) mass is 428 g/mol. The topological polar surface area (TPSA) is 16.1 Å². The smallest absolute Gasteiger partial charge is 0.0346 e. The average Bonchev–Trinajstić information content (AvgIpc) is 3.15. The molecular formula is C30H40N2. The second-order valence-corrected chi connectivity index (χ2v) is 12.3. The minimum atomic E-state index is 0.336. The van der Waals surface area contributed by atoms with Crippen LogP contribution in [0.1, 0.15) is 70.8 Å². The summed E-state index contributed by atoms with van der Waals surface area (Å²) in [6, 6.07) is 9.85. The number of pyridine rings is 1. The third-order valence-electron chi connectivity index (χ3n) is 10.9. The first-order chi connectivity index (χ1) is 15.4. The fourth-order valence-corrected chi connectivity index (χ4v) is 9.05. The summed E-state index contributed by atoms with van der Waals surface area (Å²) < 4.78 is 0. The van der Waals surface area contributed by atoms with Crippen molar-refractivity contribution in [1.82, 2.24) is 9.88 Å². The summed E-state index contributed by atoms with van der Waals surface area (Å²) in [5, 5.41) is 2.66. The Morgan fingerprint density at radius 1 is 0.969 bits per heavy atom. The van der Waals surface area contributed by atoms with E-state index >= 15 is 0 Å². The van der Waals surface area contributed by atoms with Gasteiger partial charge in [-0.1, -0.05) is 38.1 Å². The van der Waals surface area contributed by atoms with Gasteiger partial charge in [-0.25, -0.2) is 0 Å². The molecule has 4 aliphatic rings. The van der Waals surface area contributed by atoms with E-state index in [-0.39, 0.29) is 0 Å². The summed E-state index contributed by atoms with van der Waals surface area (Å²) in [4.78, 5) is 6.87. The van der Waals surface area contributed by atoms with E-state index in [0.29, 0.717) is 10.8 Å². The van der Waals surface area contributed by atoms with E-state index in [1.807, 2.05) is 12.4 Å². The highest BCUT2D eigenvalue weighted by atomic mass is 15.1. The summed E-state index contributed by atoms with van der Waals surface area (Å²) in [5.74, 6) is 3.62. The second-order valence-electron chi connectivity index (χ2n) is 12.3. The first kappa shape index (κ1) is 20.9. The Labute approximate surface area is 194 Å². The van der Waals surface area contributed by atoms with E-state index in [9.17, 15) is 0 Å². The Balaban J connectivity index is 1.31. The van der Waals surface area contributed by atoms with Crippen LogP contribution in [-0.4, -0.2) is 30.0 Å². The average molecular weight is 429 g/mol. The van der Waals surface area contributed by atoms with E-state index in [0.717, 1.165) is 29.7 Å². The number of allylic oxidation sites excluding steroid dienone is 2. The van der Waals surface area contributed by atoms with Crippen molar-refractivity contribution in [2.24, 2.45) is 34.5 Å². The molecule has 0 bridgehead atoms. The molecule has 3 fully saturated rings. The zero-order valence-electron chi connectivity index (χ0n) is 20.5. The Morgan fingerprint density at radius 3 is 2.69 bits per heavy atom. The SMILES string of the molecule is CN(C)[C@@H]1CC[C@@]2(C)[C@@H](CC[C@@H]3[C@@H]2CC[C@]2(C)C(c4cccc5cnccc45)=CC[C@@H]32)C1. The van der Waals surface area contributed by atoms with Gasteiger partial charge >= 0.3 is 0 Å². The summed E-state index contributed by atoms with van der Waals surface area (Å²) in [5.41, 5.74) is 4.02. The molecule has 2 nitrogen and oxygen atoms in total. The molecule has 0 unspecified atom stereocenters. The Morgan fingerprint density at radius 2 is 1.84 bits per heavy atom. The van der Waals surface area contributed by atoms with E-state index in [2.05, 4.69) is 68.2 Å². The van der Waals surface area contributed by atoms with Crippen LogP contribution in [0, 0.1) is 34.5 Å².